The lowest BCUT2D eigenvalue weighted by atomic mass is 9.81. The van der Waals surface area contributed by atoms with E-state index in [4.69, 9.17) is 0 Å². The molecule has 4 atom stereocenters. The van der Waals surface area contributed by atoms with Crippen LogP contribution in [0.15, 0.2) is 54.6 Å². The predicted octanol–water partition coefficient (Wildman–Crippen LogP) is 3.79. The first-order chi connectivity index (χ1) is 14.1. The van der Waals surface area contributed by atoms with Gasteiger partial charge in [-0.15, -0.1) is 0 Å². The maximum atomic E-state index is 13.0. The summed E-state index contributed by atoms with van der Waals surface area (Å²) in [4.78, 5) is 39.7. The van der Waals surface area contributed by atoms with Crippen LogP contribution in [0.25, 0.3) is 0 Å². The summed E-state index contributed by atoms with van der Waals surface area (Å²) in [5.41, 5.74) is 2.29. The summed E-state index contributed by atoms with van der Waals surface area (Å²) >= 11 is 0. The lowest BCUT2D eigenvalue weighted by molar-refractivity contribution is -0.123. The van der Waals surface area contributed by atoms with Crippen molar-refractivity contribution in [2.75, 3.05) is 10.2 Å². The molecule has 29 heavy (non-hydrogen) atoms. The van der Waals surface area contributed by atoms with E-state index in [1.807, 2.05) is 30.3 Å². The zero-order chi connectivity index (χ0) is 20.0. The first-order valence-electron chi connectivity index (χ1n) is 10.4. The average Bonchev–Trinajstić information content (AvgIpc) is 3.41. The van der Waals surface area contributed by atoms with Crippen LogP contribution in [0.4, 0.5) is 11.4 Å². The second-order valence-electron chi connectivity index (χ2n) is 8.48. The number of hydrogen-bond donors (Lipinski definition) is 1. The van der Waals surface area contributed by atoms with Crippen LogP contribution in [-0.4, -0.2) is 17.7 Å². The molecule has 2 saturated carbocycles. The number of carbonyl (C=O) groups excluding carboxylic acids is 3. The molecule has 1 heterocycles. The Hall–Kier alpha value is -2.95. The van der Waals surface area contributed by atoms with Crippen molar-refractivity contribution in [1.29, 1.82) is 0 Å². The van der Waals surface area contributed by atoms with Crippen LogP contribution in [0.5, 0.6) is 0 Å². The van der Waals surface area contributed by atoms with Gasteiger partial charge in [-0.3, -0.25) is 14.4 Å². The minimum Gasteiger partial charge on any atom is -0.326 e. The van der Waals surface area contributed by atoms with Crippen LogP contribution in [0.3, 0.4) is 0 Å². The van der Waals surface area contributed by atoms with Gasteiger partial charge < -0.3 is 5.32 Å². The van der Waals surface area contributed by atoms with Crippen molar-refractivity contribution in [3.05, 3.63) is 60.2 Å². The summed E-state index contributed by atoms with van der Waals surface area (Å²) in [6, 6.07) is 17.0. The molecule has 2 aromatic carbocycles. The van der Waals surface area contributed by atoms with Gasteiger partial charge >= 0.3 is 0 Å². The highest BCUT2D eigenvalue weighted by molar-refractivity contribution is 6.22. The summed E-state index contributed by atoms with van der Waals surface area (Å²) in [6.07, 6.45) is 4.20. The monoisotopic (exact) mass is 388 g/mol. The van der Waals surface area contributed by atoms with Crippen LogP contribution in [0, 0.1) is 23.7 Å². The first-order valence-corrected chi connectivity index (χ1v) is 10.4. The van der Waals surface area contributed by atoms with Crippen molar-refractivity contribution in [3.63, 3.8) is 0 Å². The highest BCUT2D eigenvalue weighted by atomic mass is 16.2. The van der Waals surface area contributed by atoms with Crippen molar-refractivity contribution < 1.29 is 14.4 Å². The average molecular weight is 388 g/mol. The molecule has 5 nitrogen and oxygen atoms in total. The SMILES string of the molecule is O=C(CCc1ccccc1)Nc1cccc(N2C(=O)[C@@H]3[C@H]4CC[C@@H](C4)[C@@H]3C2=O)c1. The van der Waals surface area contributed by atoms with Crippen LogP contribution in [0.1, 0.15) is 31.2 Å². The Bertz CT molecular complexity index is 943. The molecule has 0 spiro atoms. The summed E-state index contributed by atoms with van der Waals surface area (Å²) in [7, 11) is 0. The van der Waals surface area contributed by atoms with Gasteiger partial charge in [-0.05, 0) is 61.3 Å². The Balaban J connectivity index is 1.28. The lowest BCUT2D eigenvalue weighted by Crippen LogP contribution is -2.32. The normalized spacial score (nSPS) is 27.4. The fourth-order valence-corrected chi connectivity index (χ4v) is 5.51. The Morgan fingerprint density at radius 2 is 1.62 bits per heavy atom. The minimum absolute atomic E-state index is 0.0558. The molecule has 2 aliphatic carbocycles. The molecule has 2 bridgehead atoms. The third kappa shape index (κ3) is 3.15. The van der Waals surface area contributed by atoms with Crippen molar-refractivity contribution >= 4 is 29.1 Å². The Kier molecular flexibility index (Phi) is 4.46. The van der Waals surface area contributed by atoms with E-state index in [9.17, 15) is 14.4 Å². The van der Waals surface area contributed by atoms with Crippen LogP contribution in [0.2, 0.25) is 0 Å². The number of nitrogens with zero attached hydrogens (tertiary/aromatic N) is 1. The number of anilines is 2. The van der Waals surface area contributed by atoms with Crippen molar-refractivity contribution in [1.82, 2.24) is 0 Å². The van der Waals surface area contributed by atoms with Gasteiger partial charge in [0.1, 0.15) is 0 Å². The number of amides is 3. The molecule has 1 saturated heterocycles. The van der Waals surface area contributed by atoms with E-state index in [-0.39, 0.29) is 29.6 Å². The first kappa shape index (κ1) is 18.1. The molecule has 148 valence electrons. The molecule has 3 aliphatic rings. The summed E-state index contributed by atoms with van der Waals surface area (Å²) in [5.74, 6) is 0.273. The molecule has 2 aromatic rings. The van der Waals surface area contributed by atoms with Gasteiger partial charge in [0.2, 0.25) is 17.7 Å². The number of aryl methyl sites for hydroxylation is 1. The lowest BCUT2D eigenvalue weighted by Gasteiger charge is -2.19. The van der Waals surface area contributed by atoms with Crippen LogP contribution >= 0.6 is 0 Å². The Labute approximate surface area is 170 Å². The van der Waals surface area contributed by atoms with Crippen LogP contribution in [-0.2, 0) is 20.8 Å². The van der Waals surface area contributed by atoms with Gasteiger partial charge in [-0.2, -0.15) is 0 Å². The topological polar surface area (TPSA) is 66.5 Å². The van der Waals surface area contributed by atoms with Gasteiger partial charge in [0.05, 0.1) is 17.5 Å². The zero-order valence-corrected chi connectivity index (χ0v) is 16.2. The van der Waals surface area contributed by atoms with E-state index < -0.39 is 0 Å². The molecule has 3 fully saturated rings. The van der Waals surface area contributed by atoms with E-state index in [1.54, 1.807) is 24.3 Å². The molecule has 0 unspecified atom stereocenters. The third-order valence-electron chi connectivity index (χ3n) is 6.80. The highest BCUT2D eigenvalue weighted by Crippen LogP contribution is 2.56. The Morgan fingerprint density at radius 3 is 2.31 bits per heavy atom. The third-order valence-corrected chi connectivity index (χ3v) is 6.80. The highest BCUT2D eigenvalue weighted by Gasteiger charge is 2.61. The van der Waals surface area contributed by atoms with Gasteiger partial charge in [0.25, 0.3) is 0 Å². The molecule has 0 aromatic heterocycles. The second kappa shape index (κ2) is 7.14. The maximum absolute atomic E-state index is 13.0. The van der Waals surface area contributed by atoms with E-state index in [0.29, 0.717) is 36.1 Å². The standard InChI is InChI=1S/C24H24N2O3/c27-20(12-9-15-5-2-1-3-6-15)25-18-7-4-8-19(14-18)26-23(28)21-16-10-11-17(13-16)22(21)24(26)29/h1-8,14,16-17,21-22H,9-13H2,(H,25,27)/t16-,17-,21-,22+/m0/s1. The van der Waals surface area contributed by atoms with Gasteiger partial charge in [0, 0.05) is 12.1 Å². The fraction of sp³-hybridized carbons (Fsp3) is 0.375. The molecular formula is C24H24N2O3. The number of rotatable bonds is 5. The van der Waals surface area contributed by atoms with Crippen molar-refractivity contribution in [2.45, 2.75) is 32.1 Å². The second-order valence-corrected chi connectivity index (χ2v) is 8.48. The molecule has 0 radical (unpaired) electrons. The van der Waals surface area contributed by atoms with E-state index in [1.165, 1.54) is 4.90 Å². The van der Waals surface area contributed by atoms with Gasteiger partial charge in [0.15, 0.2) is 0 Å². The van der Waals surface area contributed by atoms with Gasteiger partial charge in [-0.1, -0.05) is 36.4 Å². The summed E-state index contributed by atoms with van der Waals surface area (Å²) in [5, 5.41) is 2.90. The van der Waals surface area contributed by atoms with Gasteiger partial charge in [-0.25, -0.2) is 4.90 Å². The van der Waals surface area contributed by atoms with Crippen molar-refractivity contribution in [2.24, 2.45) is 23.7 Å². The number of benzene rings is 2. The molecule has 1 aliphatic heterocycles. The molecule has 3 amide bonds. The van der Waals surface area contributed by atoms with Crippen molar-refractivity contribution in [3.8, 4) is 0 Å². The molecule has 5 rings (SSSR count). The summed E-state index contributed by atoms with van der Waals surface area (Å²) < 4.78 is 0. The number of imide groups is 1. The number of nitrogens with one attached hydrogen (secondary N) is 1. The fourth-order valence-electron chi connectivity index (χ4n) is 5.51. The largest absolute Gasteiger partial charge is 0.326 e. The molecule has 5 heteroatoms. The van der Waals surface area contributed by atoms with Crippen LogP contribution < -0.4 is 10.2 Å². The van der Waals surface area contributed by atoms with E-state index >= 15 is 0 Å². The summed E-state index contributed by atoms with van der Waals surface area (Å²) in [6.45, 7) is 0. The number of hydrogen-bond acceptors (Lipinski definition) is 3. The minimum atomic E-state index is -0.134. The van der Waals surface area contributed by atoms with E-state index in [2.05, 4.69) is 5.32 Å². The zero-order valence-electron chi connectivity index (χ0n) is 16.2. The number of carbonyl (C=O) groups is 3. The predicted molar refractivity (Wildman–Crippen MR) is 110 cm³/mol. The number of fused-ring (bicyclic) bond motifs is 5. The maximum Gasteiger partial charge on any atom is 0.237 e. The molecular weight excluding hydrogens is 364 g/mol. The smallest absolute Gasteiger partial charge is 0.237 e. The van der Waals surface area contributed by atoms with E-state index in [0.717, 1.165) is 24.8 Å². The quantitative estimate of drug-likeness (QED) is 0.793. The Morgan fingerprint density at radius 1 is 0.931 bits per heavy atom. The molecule has 1 N–H and O–H groups in total.